The van der Waals surface area contributed by atoms with Crippen molar-refractivity contribution in [2.24, 2.45) is 5.92 Å². The molecule has 16 heavy (non-hydrogen) atoms. The highest BCUT2D eigenvalue weighted by atomic mass is 32.1. The van der Waals surface area contributed by atoms with Crippen LogP contribution in [-0.2, 0) is 6.54 Å². The van der Waals surface area contributed by atoms with Crippen LogP contribution in [0.1, 0.15) is 30.2 Å². The second kappa shape index (κ2) is 5.30. The van der Waals surface area contributed by atoms with Crippen LogP contribution in [-0.4, -0.2) is 29.2 Å². The maximum Gasteiger partial charge on any atom is 0.0471 e. The summed E-state index contributed by atoms with van der Waals surface area (Å²) < 4.78 is 0. The molecule has 0 spiro atoms. The van der Waals surface area contributed by atoms with Crippen molar-refractivity contribution < 1.29 is 5.11 Å². The standard InChI is InChI=1S/C13H21NOS/c1-10-5-6-16-13(10)8-14-7-12(9-15)4-3-11(14)2/h5-6,11-12,15H,3-4,7-9H2,1-2H3. The molecule has 1 aliphatic rings. The van der Waals surface area contributed by atoms with Crippen molar-refractivity contribution >= 4 is 11.3 Å². The average Bonchev–Trinajstić information content (AvgIpc) is 2.68. The van der Waals surface area contributed by atoms with E-state index in [1.807, 2.05) is 11.3 Å². The minimum absolute atomic E-state index is 0.340. The zero-order valence-corrected chi connectivity index (χ0v) is 11.0. The highest BCUT2D eigenvalue weighted by Gasteiger charge is 2.25. The van der Waals surface area contributed by atoms with E-state index in [4.69, 9.17) is 0 Å². The first-order valence-corrected chi connectivity index (χ1v) is 6.96. The molecule has 2 unspecified atom stereocenters. The van der Waals surface area contributed by atoms with Gasteiger partial charge in [-0.2, -0.15) is 0 Å². The Balaban J connectivity index is 1.99. The molecule has 1 fully saturated rings. The summed E-state index contributed by atoms with van der Waals surface area (Å²) in [5, 5.41) is 11.4. The molecule has 2 atom stereocenters. The molecule has 1 saturated heterocycles. The van der Waals surface area contributed by atoms with Gasteiger partial charge in [-0.25, -0.2) is 0 Å². The largest absolute Gasteiger partial charge is 0.396 e. The fourth-order valence-electron chi connectivity index (χ4n) is 2.38. The van der Waals surface area contributed by atoms with Crippen molar-refractivity contribution in [3.05, 3.63) is 21.9 Å². The number of hydrogen-bond donors (Lipinski definition) is 1. The molecule has 1 aromatic heterocycles. The van der Waals surface area contributed by atoms with Crippen LogP contribution in [0.5, 0.6) is 0 Å². The number of hydrogen-bond acceptors (Lipinski definition) is 3. The second-order valence-electron chi connectivity index (χ2n) is 4.93. The van der Waals surface area contributed by atoms with Crippen molar-refractivity contribution in [3.63, 3.8) is 0 Å². The number of aryl methyl sites for hydroxylation is 1. The lowest BCUT2D eigenvalue weighted by Crippen LogP contribution is -2.42. The molecule has 1 aliphatic heterocycles. The summed E-state index contributed by atoms with van der Waals surface area (Å²) in [5.41, 5.74) is 1.41. The SMILES string of the molecule is Cc1ccsc1CN1CC(CO)CCC1C. The van der Waals surface area contributed by atoms with E-state index in [1.54, 1.807) is 0 Å². The molecule has 3 heteroatoms. The lowest BCUT2D eigenvalue weighted by Gasteiger charge is -2.37. The Kier molecular flexibility index (Phi) is 4.00. The van der Waals surface area contributed by atoms with Crippen molar-refractivity contribution in [2.45, 2.75) is 39.3 Å². The number of likely N-dealkylation sites (tertiary alicyclic amines) is 1. The first-order chi connectivity index (χ1) is 7.70. The lowest BCUT2D eigenvalue weighted by molar-refractivity contribution is 0.0778. The molecule has 90 valence electrons. The molecule has 0 saturated carbocycles. The summed E-state index contributed by atoms with van der Waals surface area (Å²) in [4.78, 5) is 3.99. The van der Waals surface area contributed by atoms with Gasteiger partial charge in [0.05, 0.1) is 0 Å². The van der Waals surface area contributed by atoms with E-state index in [0.717, 1.165) is 13.1 Å². The van der Waals surface area contributed by atoms with E-state index in [0.29, 0.717) is 18.6 Å². The van der Waals surface area contributed by atoms with Gasteiger partial charge in [0.25, 0.3) is 0 Å². The smallest absolute Gasteiger partial charge is 0.0471 e. The third-order valence-electron chi connectivity index (χ3n) is 3.68. The summed E-state index contributed by atoms with van der Waals surface area (Å²) >= 11 is 1.85. The number of piperidine rings is 1. The summed E-state index contributed by atoms with van der Waals surface area (Å²) in [6, 6.07) is 2.85. The van der Waals surface area contributed by atoms with Crippen molar-refractivity contribution in [1.82, 2.24) is 4.90 Å². The molecular weight excluding hydrogens is 218 g/mol. The fourth-order valence-corrected chi connectivity index (χ4v) is 3.31. The Morgan fingerprint density at radius 2 is 2.31 bits per heavy atom. The van der Waals surface area contributed by atoms with Gasteiger partial charge in [-0.3, -0.25) is 4.90 Å². The van der Waals surface area contributed by atoms with Gasteiger partial charge in [0.1, 0.15) is 0 Å². The first-order valence-electron chi connectivity index (χ1n) is 6.08. The maximum atomic E-state index is 9.25. The highest BCUT2D eigenvalue weighted by molar-refractivity contribution is 7.10. The summed E-state index contributed by atoms with van der Waals surface area (Å²) in [7, 11) is 0. The van der Waals surface area contributed by atoms with E-state index in [2.05, 4.69) is 30.2 Å². The van der Waals surface area contributed by atoms with Crippen molar-refractivity contribution in [2.75, 3.05) is 13.2 Å². The zero-order valence-electron chi connectivity index (χ0n) is 10.1. The molecule has 1 aromatic rings. The molecule has 2 rings (SSSR count). The number of aliphatic hydroxyl groups is 1. The topological polar surface area (TPSA) is 23.5 Å². The number of rotatable bonds is 3. The molecule has 0 radical (unpaired) electrons. The third kappa shape index (κ3) is 2.65. The first kappa shape index (κ1) is 12.1. The van der Waals surface area contributed by atoms with Crippen LogP contribution in [0.3, 0.4) is 0 Å². The van der Waals surface area contributed by atoms with Gasteiger partial charge in [0.2, 0.25) is 0 Å². The fraction of sp³-hybridized carbons (Fsp3) is 0.692. The van der Waals surface area contributed by atoms with E-state index >= 15 is 0 Å². The van der Waals surface area contributed by atoms with Crippen molar-refractivity contribution in [3.8, 4) is 0 Å². The number of thiophene rings is 1. The quantitative estimate of drug-likeness (QED) is 0.876. The Hall–Kier alpha value is -0.380. The van der Waals surface area contributed by atoms with E-state index in [9.17, 15) is 5.11 Å². The lowest BCUT2D eigenvalue weighted by atomic mass is 9.94. The van der Waals surface area contributed by atoms with E-state index in [-0.39, 0.29) is 0 Å². The third-order valence-corrected chi connectivity index (χ3v) is 4.69. The predicted molar refractivity (Wildman–Crippen MR) is 68.7 cm³/mol. The van der Waals surface area contributed by atoms with Gasteiger partial charge in [-0.05, 0) is 49.6 Å². The molecule has 0 amide bonds. The molecule has 0 aromatic carbocycles. The Labute approximate surface area is 102 Å². The van der Waals surface area contributed by atoms with Crippen LogP contribution in [0.4, 0.5) is 0 Å². The zero-order chi connectivity index (χ0) is 11.5. The number of aliphatic hydroxyl groups excluding tert-OH is 1. The van der Waals surface area contributed by atoms with Gasteiger partial charge in [-0.15, -0.1) is 11.3 Å². The van der Waals surface area contributed by atoms with Crippen LogP contribution in [0.2, 0.25) is 0 Å². The normalized spacial score (nSPS) is 27.2. The molecule has 0 aliphatic carbocycles. The molecule has 0 bridgehead atoms. The second-order valence-corrected chi connectivity index (χ2v) is 5.93. The van der Waals surface area contributed by atoms with Gasteiger partial charge in [0, 0.05) is 30.6 Å². The van der Waals surface area contributed by atoms with Crippen LogP contribution < -0.4 is 0 Å². The minimum atomic E-state index is 0.340. The highest BCUT2D eigenvalue weighted by Crippen LogP contribution is 2.26. The summed E-state index contributed by atoms with van der Waals surface area (Å²) in [6.45, 7) is 6.93. The monoisotopic (exact) mass is 239 g/mol. The van der Waals surface area contributed by atoms with E-state index in [1.165, 1.54) is 23.3 Å². The Bertz CT molecular complexity index is 336. The summed E-state index contributed by atoms with van der Waals surface area (Å²) in [6.07, 6.45) is 2.40. The van der Waals surface area contributed by atoms with Gasteiger partial charge >= 0.3 is 0 Å². The molecule has 1 N–H and O–H groups in total. The van der Waals surface area contributed by atoms with Gasteiger partial charge in [0.15, 0.2) is 0 Å². The average molecular weight is 239 g/mol. The minimum Gasteiger partial charge on any atom is -0.396 e. The van der Waals surface area contributed by atoms with Gasteiger partial charge < -0.3 is 5.11 Å². The van der Waals surface area contributed by atoms with Crippen LogP contribution in [0.15, 0.2) is 11.4 Å². The molecule has 2 nitrogen and oxygen atoms in total. The van der Waals surface area contributed by atoms with Gasteiger partial charge in [-0.1, -0.05) is 0 Å². The Morgan fingerprint density at radius 1 is 1.50 bits per heavy atom. The number of nitrogens with zero attached hydrogens (tertiary/aromatic N) is 1. The van der Waals surface area contributed by atoms with E-state index < -0.39 is 0 Å². The van der Waals surface area contributed by atoms with Crippen LogP contribution in [0.25, 0.3) is 0 Å². The van der Waals surface area contributed by atoms with Crippen LogP contribution in [0, 0.1) is 12.8 Å². The predicted octanol–water partition coefficient (Wildman–Crippen LogP) is 2.65. The molecular formula is C13H21NOS. The Morgan fingerprint density at radius 3 is 2.94 bits per heavy atom. The summed E-state index contributed by atoms with van der Waals surface area (Å²) in [5.74, 6) is 0.483. The maximum absolute atomic E-state index is 9.25. The molecule has 2 heterocycles. The van der Waals surface area contributed by atoms with Crippen LogP contribution >= 0.6 is 11.3 Å². The van der Waals surface area contributed by atoms with Crippen molar-refractivity contribution in [1.29, 1.82) is 0 Å².